The van der Waals surface area contributed by atoms with Gasteiger partial charge in [0.15, 0.2) is 0 Å². The van der Waals surface area contributed by atoms with Gasteiger partial charge >= 0.3 is 125 Å². The van der Waals surface area contributed by atoms with Gasteiger partial charge in [-0.25, -0.2) is 0 Å². The van der Waals surface area contributed by atoms with Crippen molar-refractivity contribution in [2.24, 2.45) is 0 Å². The summed E-state index contributed by atoms with van der Waals surface area (Å²) in [5, 5.41) is 0. The molecule has 0 N–H and O–H groups in total. The van der Waals surface area contributed by atoms with E-state index in [1.807, 2.05) is 0 Å². The number of rotatable bonds is 13. The standard InChI is InChI=1S/C4H9O2.3C4H9.Sn/c1-3-6-4-5-2;3*1-3-4-2;/h3H,4H2,1-2H3;3*1,3-4H2,2H3;. The molecule has 0 heterocycles. The Bertz CT molecular complexity index is 175. The van der Waals surface area contributed by atoms with Crippen molar-refractivity contribution in [2.75, 3.05) is 13.9 Å². The van der Waals surface area contributed by atoms with Crippen molar-refractivity contribution >= 4 is 18.4 Å². The van der Waals surface area contributed by atoms with E-state index in [2.05, 4.69) is 27.7 Å². The van der Waals surface area contributed by atoms with Gasteiger partial charge in [-0.3, -0.25) is 0 Å². The van der Waals surface area contributed by atoms with Crippen LogP contribution in [0.3, 0.4) is 0 Å². The number of unbranched alkanes of at least 4 members (excludes halogenated alkanes) is 3. The van der Waals surface area contributed by atoms with E-state index < -0.39 is 18.4 Å². The number of methoxy groups -OCH3 is 1. The topological polar surface area (TPSA) is 18.5 Å². The van der Waals surface area contributed by atoms with Crippen molar-refractivity contribution in [1.82, 2.24) is 0 Å². The van der Waals surface area contributed by atoms with Crippen molar-refractivity contribution in [3.8, 4) is 0 Å². The second-order valence-electron chi connectivity index (χ2n) is 5.89. The number of ether oxygens (including phenoxy) is 2. The molecule has 0 aliphatic rings. The molecular weight excluding hydrogens is 343 g/mol. The fraction of sp³-hybridized carbons (Fsp3) is 1.00. The van der Waals surface area contributed by atoms with Crippen molar-refractivity contribution in [3.63, 3.8) is 0 Å². The zero-order valence-electron chi connectivity index (χ0n) is 14.0. The summed E-state index contributed by atoms with van der Waals surface area (Å²) in [7, 11) is 1.73. The average molecular weight is 379 g/mol. The third-order valence-corrected chi connectivity index (χ3v) is 21.3. The molecular formula is C16H36O2Sn. The van der Waals surface area contributed by atoms with Crippen molar-refractivity contribution in [2.45, 2.75) is 83.6 Å². The van der Waals surface area contributed by atoms with Gasteiger partial charge in [0.2, 0.25) is 0 Å². The van der Waals surface area contributed by atoms with E-state index in [-0.39, 0.29) is 0 Å². The Morgan fingerprint density at radius 2 is 1.26 bits per heavy atom. The molecule has 2 nitrogen and oxygen atoms in total. The van der Waals surface area contributed by atoms with E-state index in [0.29, 0.717) is 10.9 Å². The normalized spacial score (nSPS) is 13.7. The first kappa shape index (κ1) is 19.7. The molecule has 1 atom stereocenters. The average Bonchev–Trinajstić information content (AvgIpc) is 2.44. The van der Waals surface area contributed by atoms with E-state index in [1.165, 1.54) is 51.8 Å². The minimum atomic E-state index is -2.15. The van der Waals surface area contributed by atoms with Crippen molar-refractivity contribution in [3.05, 3.63) is 0 Å². The predicted octanol–water partition coefficient (Wildman–Crippen LogP) is 5.38. The maximum absolute atomic E-state index is 6.02. The van der Waals surface area contributed by atoms with Crippen LogP contribution in [-0.2, 0) is 9.47 Å². The van der Waals surface area contributed by atoms with Gasteiger partial charge in [-0.15, -0.1) is 0 Å². The fourth-order valence-electron chi connectivity index (χ4n) is 2.92. The van der Waals surface area contributed by atoms with E-state index in [9.17, 15) is 0 Å². The Labute approximate surface area is 125 Å². The summed E-state index contributed by atoms with van der Waals surface area (Å²) in [5.74, 6) is 0. The first-order valence-corrected chi connectivity index (χ1v) is 16.0. The van der Waals surface area contributed by atoms with Crippen LogP contribution in [0.15, 0.2) is 0 Å². The summed E-state index contributed by atoms with van der Waals surface area (Å²) < 4.78 is 16.2. The molecule has 19 heavy (non-hydrogen) atoms. The zero-order valence-corrected chi connectivity index (χ0v) is 16.8. The molecule has 0 aromatic heterocycles. The van der Waals surface area contributed by atoms with Crippen LogP contribution in [0.4, 0.5) is 0 Å². The van der Waals surface area contributed by atoms with Crippen molar-refractivity contribution in [1.29, 1.82) is 0 Å². The van der Waals surface area contributed by atoms with Crippen LogP contribution in [0.1, 0.15) is 66.2 Å². The van der Waals surface area contributed by atoms with Gasteiger partial charge in [-0.2, -0.15) is 0 Å². The van der Waals surface area contributed by atoms with Gasteiger partial charge in [-0.1, -0.05) is 0 Å². The summed E-state index contributed by atoms with van der Waals surface area (Å²) in [6, 6.07) is 0. The van der Waals surface area contributed by atoms with Gasteiger partial charge in [-0.05, 0) is 0 Å². The van der Waals surface area contributed by atoms with E-state index in [0.717, 1.165) is 0 Å². The molecule has 0 spiro atoms. The van der Waals surface area contributed by atoms with E-state index in [1.54, 1.807) is 7.11 Å². The fourth-order valence-corrected chi connectivity index (χ4v) is 18.8. The van der Waals surface area contributed by atoms with Crippen molar-refractivity contribution < 1.29 is 9.47 Å². The summed E-state index contributed by atoms with van der Waals surface area (Å²) in [6.45, 7) is 9.77. The molecule has 0 aromatic rings. The Morgan fingerprint density at radius 1 is 0.842 bits per heavy atom. The molecule has 0 aliphatic carbocycles. The summed E-state index contributed by atoms with van der Waals surface area (Å²) in [6.07, 6.45) is 8.20. The van der Waals surface area contributed by atoms with Crippen LogP contribution in [0, 0.1) is 0 Å². The molecule has 0 rings (SSSR count). The predicted molar refractivity (Wildman–Crippen MR) is 87.3 cm³/mol. The third kappa shape index (κ3) is 7.91. The van der Waals surface area contributed by atoms with Crippen LogP contribution in [0.25, 0.3) is 0 Å². The minimum absolute atomic E-state index is 0.476. The first-order chi connectivity index (χ1) is 9.16. The number of hydrogen-bond donors (Lipinski definition) is 0. The molecule has 0 saturated carbocycles. The van der Waals surface area contributed by atoms with Crippen LogP contribution in [-0.4, -0.2) is 36.4 Å². The molecule has 0 aliphatic heterocycles. The first-order valence-electron chi connectivity index (χ1n) is 8.27. The quantitative estimate of drug-likeness (QED) is 0.316. The van der Waals surface area contributed by atoms with Gasteiger partial charge < -0.3 is 0 Å². The molecule has 0 radical (unpaired) electrons. The second-order valence-corrected chi connectivity index (χ2v) is 20.3. The molecule has 116 valence electrons. The Hall–Kier alpha value is 0.719. The molecule has 1 unspecified atom stereocenters. The van der Waals surface area contributed by atoms with Crippen LogP contribution in [0.2, 0.25) is 13.3 Å². The summed E-state index contributed by atoms with van der Waals surface area (Å²) >= 11 is -2.15. The van der Waals surface area contributed by atoms with Gasteiger partial charge in [0.05, 0.1) is 0 Å². The Morgan fingerprint density at radius 3 is 1.58 bits per heavy atom. The second kappa shape index (κ2) is 12.5. The van der Waals surface area contributed by atoms with Crippen LogP contribution in [0.5, 0.6) is 0 Å². The third-order valence-electron chi connectivity index (χ3n) is 4.38. The molecule has 0 aromatic carbocycles. The molecule has 0 amide bonds. The van der Waals surface area contributed by atoms with Crippen LogP contribution < -0.4 is 0 Å². The van der Waals surface area contributed by atoms with E-state index in [4.69, 9.17) is 9.47 Å². The monoisotopic (exact) mass is 380 g/mol. The van der Waals surface area contributed by atoms with E-state index >= 15 is 0 Å². The summed E-state index contributed by atoms with van der Waals surface area (Å²) in [5.41, 5.74) is 0. The van der Waals surface area contributed by atoms with Gasteiger partial charge in [0.25, 0.3) is 0 Å². The molecule has 0 saturated heterocycles. The Kier molecular flexibility index (Phi) is 12.9. The SMILES string of the molecule is CCC[CH2][Sn]([CH2]CCC)([CH2]CCC)[CH](C)OCOC. The van der Waals surface area contributed by atoms with Gasteiger partial charge in [0.1, 0.15) is 0 Å². The van der Waals surface area contributed by atoms with Gasteiger partial charge in [0, 0.05) is 0 Å². The molecule has 0 bridgehead atoms. The number of hydrogen-bond acceptors (Lipinski definition) is 2. The van der Waals surface area contributed by atoms with Crippen LogP contribution >= 0.6 is 0 Å². The maximum atomic E-state index is 6.02. The summed E-state index contributed by atoms with van der Waals surface area (Å²) in [4.78, 5) is 0. The Balaban J connectivity index is 4.73. The zero-order chi connectivity index (χ0) is 14.6. The molecule has 3 heteroatoms. The molecule has 0 fully saturated rings.